The third-order valence-electron chi connectivity index (χ3n) is 7.15. The molecular formula is C25H28FN5O4. The van der Waals surface area contributed by atoms with Gasteiger partial charge in [-0.15, -0.1) is 0 Å². The summed E-state index contributed by atoms with van der Waals surface area (Å²) in [6.45, 7) is 0.188. The molecule has 0 radical (unpaired) electrons. The number of fused-ring (bicyclic) bond motifs is 1. The normalized spacial score (nSPS) is 25.3. The van der Waals surface area contributed by atoms with Gasteiger partial charge in [0.15, 0.2) is 5.78 Å². The van der Waals surface area contributed by atoms with Gasteiger partial charge in [0.1, 0.15) is 11.6 Å². The Labute approximate surface area is 202 Å². The van der Waals surface area contributed by atoms with Crippen molar-refractivity contribution >= 4 is 23.5 Å². The van der Waals surface area contributed by atoms with E-state index in [1.807, 2.05) is 35.2 Å². The van der Waals surface area contributed by atoms with Gasteiger partial charge in [-0.05, 0) is 43.7 Å². The van der Waals surface area contributed by atoms with Crippen molar-refractivity contribution in [2.75, 3.05) is 18.0 Å². The first-order chi connectivity index (χ1) is 16.8. The maximum absolute atomic E-state index is 14.1. The van der Waals surface area contributed by atoms with Gasteiger partial charge in [-0.25, -0.2) is 14.2 Å². The third-order valence-corrected chi connectivity index (χ3v) is 7.15. The standard InChI is InChI=1S/C25H28FN5O4/c26-16-12-18-21(32)25(24(34)35,14-30(17-8-9-17)22(18)28-13-16)31-10-4-7-20(31)29-23(33)19(27)11-15-5-2-1-3-6-15/h1-3,5-6,12-13,17,19-20H,4,7-11,14,27H2,(H,29,33)(H,34,35). The summed E-state index contributed by atoms with van der Waals surface area (Å²) in [5, 5.41) is 13.3. The minimum Gasteiger partial charge on any atom is -0.479 e. The molecule has 1 amide bonds. The van der Waals surface area contributed by atoms with Crippen molar-refractivity contribution in [1.29, 1.82) is 0 Å². The van der Waals surface area contributed by atoms with Crippen molar-refractivity contribution in [3.63, 3.8) is 0 Å². The zero-order chi connectivity index (χ0) is 24.7. The number of nitrogens with one attached hydrogen (secondary N) is 1. The molecular weight excluding hydrogens is 453 g/mol. The summed E-state index contributed by atoms with van der Waals surface area (Å²) >= 11 is 0. The summed E-state index contributed by atoms with van der Waals surface area (Å²) in [5.41, 5.74) is 5.05. The minimum atomic E-state index is -1.97. The molecule has 3 atom stereocenters. The van der Waals surface area contributed by atoms with Crippen molar-refractivity contribution in [1.82, 2.24) is 15.2 Å². The number of nitrogens with zero attached hydrogens (tertiary/aromatic N) is 3. The number of carbonyl (C=O) groups is 3. The zero-order valence-corrected chi connectivity index (χ0v) is 19.2. The average Bonchev–Trinajstić information content (AvgIpc) is 3.58. The molecule has 0 spiro atoms. The first kappa shape index (κ1) is 23.4. The lowest BCUT2D eigenvalue weighted by atomic mass is 9.83. The van der Waals surface area contributed by atoms with Crippen molar-refractivity contribution < 1.29 is 23.9 Å². The van der Waals surface area contributed by atoms with Crippen LogP contribution in [0.25, 0.3) is 0 Å². The maximum Gasteiger partial charge on any atom is 0.334 e. The average molecular weight is 482 g/mol. The Morgan fingerprint density at radius 2 is 2.00 bits per heavy atom. The van der Waals surface area contributed by atoms with Crippen LogP contribution in [0.4, 0.5) is 10.2 Å². The number of likely N-dealkylation sites (tertiary alicyclic amines) is 1. The molecule has 5 rings (SSSR count). The Kier molecular flexibility index (Phi) is 6.02. The van der Waals surface area contributed by atoms with Gasteiger partial charge in [0.2, 0.25) is 11.4 Å². The lowest BCUT2D eigenvalue weighted by Gasteiger charge is -2.46. The second-order valence-corrected chi connectivity index (χ2v) is 9.53. The molecule has 0 bridgehead atoms. The van der Waals surface area contributed by atoms with E-state index >= 15 is 0 Å². The Bertz CT molecular complexity index is 1160. The number of amides is 1. The van der Waals surface area contributed by atoms with Gasteiger partial charge in [-0.2, -0.15) is 0 Å². The molecule has 1 saturated carbocycles. The molecule has 1 saturated heterocycles. The van der Waals surface area contributed by atoms with Gasteiger partial charge in [0.05, 0.1) is 30.5 Å². The molecule has 1 aliphatic carbocycles. The van der Waals surface area contributed by atoms with Gasteiger partial charge in [0.25, 0.3) is 0 Å². The molecule has 3 aliphatic rings. The summed E-state index contributed by atoms with van der Waals surface area (Å²) in [4.78, 5) is 47.0. The van der Waals surface area contributed by atoms with Crippen LogP contribution in [-0.2, 0) is 16.0 Å². The molecule has 1 aromatic carbocycles. The van der Waals surface area contributed by atoms with Crippen LogP contribution in [0.5, 0.6) is 0 Å². The topological polar surface area (TPSA) is 129 Å². The number of pyridine rings is 1. The van der Waals surface area contributed by atoms with Crippen LogP contribution in [0.2, 0.25) is 0 Å². The van der Waals surface area contributed by atoms with Gasteiger partial charge >= 0.3 is 5.97 Å². The first-order valence-corrected chi connectivity index (χ1v) is 11.9. The first-order valence-electron chi connectivity index (χ1n) is 11.9. The van der Waals surface area contributed by atoms with E-state index in [1.165, 1.54) is 0 Å². The molecule has 35 heavy (non-hydrogen) atoms. The molecule has 184 valence electrons. The summed E-state index contributed by atoms with van der Waals surface area (Å²) in [6.07, 6.45) is 3.45. The van der Waals surface area contributed by atoms with Gasteiger partial charge < -0.3 is 21.1 Å². The number of hydrogen-bond donors (Lipinski definition) is 3. The number of rotatable bonds is 7. The fourth-order valence-corrected chi connectivity index (χ4v) is 5.25. The summed E-state index contributed by atoms with van der Waals surface area (Å²) in [6, 6.07) is 9.66. The maximum atomic E-state index is 14.1. The number of nitrogens with two attached hydrogens (primary N) is 1. The molecule has 2 aromatic rings. The van der Waals surface area contributed by atoms with Crippen LogP contribution in [0.1, 0.15) is 41.6 Å². The van der Waals surface area contributed by atoms with Crippen molar-refractivity contribution in [2.45, 2.75) is 55.9 Å². The lowest BCUT2D eigenvalue weighted by molar-refractivity contribution is -0.149. The van der Waals surface area contributed by atoms with Crippen LogP contribution in [-0.4, -0.2) is 69.5 Å². The number of anilines is 1. The SMILES string of the molecule is NC(Cc1ccccc1)C(=O)NC1CCCN1C1(C(=O)O)CN(C2CC2)c2ncc(F)cc2C1=O. The number of carboxylic acid groups (broad SMARTS) is 1. The minimum absolute atomic E-state index is 0.0386. The van der Waals surface area contributed by atoms with E-state index in [4.69, 9.17) is 5.73 Å². The highest BCUT2D eigenvalue weighted by molar-refractivity contribution is 6.20. The molecule has 3 heterocycles. The number of ketones is 1. The molecule has 4 N–H and O–H groups in total. The molecule has 3 unspecified atom stereocenters. The number of aromatic nitrogens is 1. The number of benzene rings is 1. The highest BCUT2D eigenvalue weighted by Gasteiger charge is 2.60. The van der Waals surface area contributed by atoms with E-state index in [1.54, 1.807) is 4.90 Å². The van der Waals surface area contributed by atoms with Crippen LogP contribution >= 0.6 is 0 Å². The Balaban J connectivity index is 1.43. The molecule has 9 nitrogen and oxygen atoms in total. The molecule has 10 heteroatoms. The summed E-state index contributed by atoms with van der Waals surface area (Å²) in [7, 11) is 0. The highest BCUT2D eigenvalue weighted by Crippen LogP contribution is 2.42. The van der Waals surface area contributed by atoms with Gasteiger partial charge in [-0.3, -0.25) is 14.5 Å². The number of hydrogen-bond acceptors (Lipinski definition) is 7. The Morgan fingerprint density at radius 3 is 2.69 bits per heavy atom. The van der Waals surface area contributed by atoms with E-state index in [-0.39, 0.29) is 18.2 Å². The van der Waals surface area contributed by atoms with E-state index < -0.39 is 41.2 Å². The van der Waals surface area contributed by atoms with Crippen molar-refractivity contribution in [3.8, 4) is 0 Å². The number of Topliss-reactive ketones (excluding diaryl/α,β-unsaturated/α-hetero) is 1. The van der Waals surface area contributed by atoms with Crippen molar-refractivity contribution in [2.24, 2.45) is 5.73 Å². The monoisotopic (exact) mass is 481 g/mol. The zero-order valence-electron chi connectivity index (χ0n) is 19.2. The summed E-state index contributed by atoms with van der Waals surface area (Å²) < 4.78 is 14.1. The Hall–Kier alpha value is -3.37. The predicted octanol–water partition coefficient (Wildman–Crippen LogP) is 1.32. The van der Waals surface area contributed by atoms with E-state index in [9.17, 15) is 23.9 Å². The van der Waals surface area contributed by atoms with E-state index in [0.717, 1.165) is 30.7 Å². The van der Waals surface area contributed by atoms with E-state index in [2.05, 4.69) is 10.3 Å². The lowest BCUT2D eigenvalue weighted by Crippen LogP contribution is -2.71. The molecule has 1 aromatic heterocycles. The van der Waals surface area contributed by atoms with Crippen LogP contribution in [0.15, 0.2) is 42.6 Å². The highest BCUT2D eigenvalue weighted by atomic mass is 19.1. The second-order valence-electron chi connectivity index (χ2n) is 9.53. The number of carboxylic acids is 1. The largest absolute Gasteiger partial charge is 0.479 e. The van der Waals surface area contributed by atoms with Crippen LogP contribution in [0.3, 0.4) is 0 Å². The second kappa shape index (κ2) is 9.01. The smallest absolute Gasteiger partial charge is 0.334 e. The fraction of sp³-hybridized carbons (Fsp3) is 0.440. The number of carbonyl (C=O) groups excluding carboxylic acids is 2. The Morgan fingerprint density at radius 1 is 1.26 bits per heavy atom. The van der Waals surface area contributed by atoms with Crippen LogP contribution in [0, 0.1) is 5.82 Å². The fourth-order valence-electron chi connectivity index (χ4n) is 5.25. The number of halogens is 1. The van der Waals surface area contributed by atoms with Crippen molar-refractivity contribution in [3.05, 3.63) is 59.5 Å². The molecule has 2 fully saturated rings. The molecule has 2 aliphatic heterocycles. The van der Waals surface area contributed by atoms with E-state index in [0.29, 0.717) is 31.6 Å². The third kappa shape index (κ3) is 4.17. The quantitative estimate of drug-likeness (QED) is 0.505. The summed E-state index contributed by atoms with van der Waals surface area (Å²) in [5.74, 6) is -2.83. The van der Waals surface area contributed by atoms with Crippen LogP contribution < -0.4 is 16.0 Å². The number of aliphatic carboxylic acids is 1. The van der Waals surface area contributed by atoms with Gasteiger partial charge in [0, 0.05) is 12.6 Å². The predicted molar refractivity (Wildman–Crippen MR) is 125 cm³/mol. The van der Waals surface area contributed by atoms with Gasteiger partial charge in [-0.1, -0.05) is 30.3 Å².